The number of carbonyl (C=O) groups excluding carboxylic acids is 2. The van der Waals surface area contributed by atoms with Crippen molar-refractivity contribution in [1.82, 2.24) is 5.32 Å². The van der Waals surface area contributed by atoms with Crippen LogP contribution in [0.15, 0.2) is 0 Å². The molecule has 31 heavy (non-hydrogen) atoms. The zero-order valence-electron chi connectivity index (χ0n) is 19.0. The predicted octanol–water partition coefficient (Wildman–Crippen LogP) is 1.24. The highest BCUT2D eigenvalue weighted by Crippen LogP contribution is 2.23. The van der Waals surface area contributed by atoms with Gasteiger partial charge in [0.05, 0.1) is 13.7 Å². The second-order valence-corrected chi connectivity index (χ2v) is 8.70. The molecule has 0 aromatic rings. The van der Waals surface area contributed by atoms with Crippen LogP contribution in [0.1, 0.15) is 65.7 Å². The minimum absolute atomic E-state index is 0.191. The van der Waals surface area contributed by atoms with Crippen molar-refractivity contribution in [3.8, 4) is 0 Å². The molecule has 1 fully saturated rings. The first-order valence-corrected chi connectivity index (χ1v) is 10.9. The molecule has 0 radical (unpaired) electrons. The van der Waals surface area contributed by atoms with Gasteiger partial charge in [-0.25, -0.2) is 4.79 Å². The molecule has 4 N–H and O–H groups in total. The molecule has 1 amide bonds. The first kappa shape index (κ1) is 27.6. The zero-order chi connectivity index (χ0) is 23.4. The highest BCUT2D eigenvalue weighted by atomic mass is 16.7. The van der Waals surface area contributed by atoms with Crippen LogP contribution in [-0.2, 0) is 23.7 Å². The van der Waals surface area contributed by atoms with E-state index < -0.39 is 48.9 Å². The molecule has 0 aromatic heterocycles. The van der Waals surface area contributed by atoms with Crippen LogP contribution in [0.2, 0.25) is 0 Å². The van der Waals surface area contributed by atoms with E-state index in [1.807, 2.05) is 0 Å². The predicted molar refractivity (Wildman–Crippen MR) is 111 cm³/mol. The lowest BCUT2D eigenvalue weighted by Crippen LogP contribution is -2.65. The van der Waals surface area contributed by atoms with E-state index >= 15 is 0 Å². The van der Waals surface area contributed by atoms with E-state index in [2.05, 4.69) is 10.1 Å². The van der Waals surface area contributed by atoms with Crippen LogP contribution in [0.4, 0.5) is 4.79 Å². The number of hydrogen-bond donors (Lipinski definition) is 4. The minimum atomic E-state index is -1.39. The molecule has 1 aliphatic heterocycles. The Hall–Kier alpha value is -1.46. The summed E-state index contributed by atoms with van der Waals surface area (Å²) in [6, 6.07) is -1.05. The number of esters is 1. The fourth-order valence-corrected chi connectivity index (χ4v) is 3.20. The SMILES string of the molecule is COC(=O)CCCCCCCCO[C@H]1O[C@H](CO)[C@@H](O)[C@H](O)[C@H]1NC(=O)OC(C)(C)C. The van der Waals surface area contributed by atoms with Gasteiger partial charge >= 0.3 is 12.1 Å². The first-order chi connectivity index (χ1) is 14.6. The Morgan fingerprint density at radius 3 is 2.19 bits per heavy atom. The van der Waals surface area contributed by atoms with Crippen molar-refractivity contribution in [1.29, 1.82) is 0 Å². The fraction of sp³-hybridized carbons (Fsp3) is 0.905. The standard InChI is InChI=1S/C21H39NO9/c1-21(2,3)31-20(27)22-16-18(26)17(25)14(13-23)30-19(16)29-12-10-8-6-5-7-9-11-15(24)28-4/h14,16-19,23,25-26H,5-13H2,1-4H3,(H,22,27)/t14-,16-,17-,18-,19+/m1/s1. The topological polar surface area (TPSA) is 144 Å². The van der Waals surface area contributed by atoms with Gasteiger partial charge in [0.1, 0.15) is 30.0 Å². The summed E-state index contributed by atoms with van der Waals surface area (Å²) in [6.45, 7) is 4.95. The Morgan fingerprint density at radius 1 is 1.00 bits per heavy atom. The van der Waals surface area contributed by atoms with Crippen molar-refractivity contribution in [2.75, 3.05) is 20.3 Å². The highest BCUT2D eigenvalue weighted by Gasteiger charge is 2.46. The molecule has 1 heterocycles. The van der Waals surface area contributed by atoms with Crippen LogP contribution >= 0.6 is 0 Å². The Bertz CT molecular complexity index is 537. The van der Waals surface area contributed by atoms with Gasteiger partial charge in [-0.15, -0.1) is 0 Å². The van der Waals surface area contributed by atoms with Gasteiger partial charge in [0.2, 0.25) is 0 Å². The zero-order valence-corrected chi connectivity index (χ0v) is 19.0. The molecule has 0 aromatic carbocycles. The molecule has 182 valence electrons. The molecule has 0 unspecified atom stereocenters. The van der Waals surface area contributed by atoms with E-state index in [9.17, 15) is 24.9 Å². The van der Waals surface area contributed by atoms with E-state index in [1.165, 1.54) is 7.11 Å². The number of hydrogen-bond acceptors (Lipinski definition) is 9. The minimum Gasteiger partial charge on any atom is -0.469 e. The van der Waals surface area contributed by atoms with Crippen molar-refractivity contribution in [3.05, 3.63) is 0 Å². The van der Waals surface area contributed by atoms with Gasteiger partial charge in [0.25, 0.3) is 0 Å². The van der Waals surface area contributed by atoms with Crippen molar-refractivity contribution < 1.29 is 43.9 Å². The average molecular weight is 450 g/mol. The molecule has 0 aliphatic carbocycles. The van der Waals surface area contributed by atoms with Crippen LogP contribution in [0.3, 0.4) is 0 Å². The molecule has 1 rings (SSSR count). The van der Waals surface area contributed by atoms with E-state index in [4.69, 9.17) is 14.2 Å². The number of amides is 1. The van der Waals surface area contributed by atoms with Crippen LogP contribution < -0.4 is 5.32 Å². The van der Waals surface area contributed by atoms with Gasteiger partial charge < -0.3 is 39.6 Å². The number of rotatable bonds is 12. The van der Waals surface area contributed by atoms with Gasteiger partial charge in [-0.2, -0.15) is 0 Å². The number of aliphatic hydroxyl groups is 3. The lowest BCUT2D eigenvalue weighted by molar-refractivity contribution is -0.269. The third-order valence-electron chi connectivity index (χ3n) is 4.85. The Morgan fingerprint density at radius 2 is 1.61 bits per heavy atom. The molecule has 0 spiro atoms. The number of ether oxygens (including phenoxy) is 4. The summed E-state index contributed by atoms with van der Waals surface area (Å²) < 4.78 is 21.1. The largest absolute Gasteiger partial charge is 0.469 e. The van der Waals surface area contributed by atoms with E-state index in [-0.39, 0.29) is 5.97 Å². The van der Waals surface area contributed by atoms with Gasteiger partial charge in [-0.3, -0.25) is 4.79 Å². The van der Waals surface area contributed by atoms with Gasteiger partial charge in [-0.05, 0) is 33.6 Å². The smallest absolute Gasteiger partial charge is 0.408 e. The lowest BCUT2D eigenvalue weighted by Gasteiger charge is -2.42. The monoisotopic (exact) mass is 449 g/mol. The molecule has 5 atom stereocenters. The molecule has 0 bridgehead atoms. The molecule has 0 saturated carbocycles. The Kier molecular flexibility index (Phi) is 12.3. The second kappa shape index (κ2) is 13.8. The molecule has 10 nitrogen and oxygen atoms in total. The quantitative estimate of drug-likeness (QED) is 0.255. The number of carbonyl (C=O) groups is 2. The summed E-state index contributed by atoms with van der Waals surface area (Å²) in [6.07, 6.45) is 0.213. The van der Waals surface area contributed by atoms with Crippen molar-refractivity contribution in [2.45, 2.75) is 102 Å². The van der Waals surface area contributed by atoms with E-state index in [1.54, 1.807) is 20.8 Å². The maximum Gasteiger partial charge on any atom is 0.408 e. The first-order valence-electron chi connectivity index (χ1n) is 10.9. The fourth-order valence-electron chi connectivity index (χ4n) is 3.20. The van der Waals surface area contributed by atoms with Crippen LogP contribution in [0.25, 0.3) is 0 Å². The highest BCUT2D eigenvalue weighted by molar-refractivity contribution is 5.69. The van der Waals surface area contributed by atoms with Crippen molar-refractivity contribution >= 4 is 12.1 Å². The summed E-state index contributed by atoms with van der Waals surface area (Å²) in [5, 5.41) is 32.4. The normalized spacial score (nSPS) is 26.4. The van der Waals surface area contributed by atoms with Gasteiger partial charge in [-0.1, -0.05) is 25.7 Å². The van der Waals surface area contributed by atoms with Crippen molar-refractivity contribution in [3.63, 3.8) is 0 Å². The van der Waals surface area contributed by atoms with Gasteiger partial charge in [0, 0.05) is 13.0 Å². The average Bonchev–Trinajstić information content (AvgIpc) is 2.69. The second-order valence-electron chi connectivity index (χ2n) is 8.70. The molecule has 1 aliphatic rings. The molecular weight excluding hydrogens is 410 g/mol. The maximum atomic E-state index is 12.1. The third kappa shape index (κ3) is 10.6. The summed E-state index contributed by atoms with van der Waals surface area (Å²) in [7, 11) is 1.38. The Balaban J connectivity index is 2.44. The molecule has 10 heteroatoms. The molecule has 1 saturated heterocycles. The van der Waals surface area contributed by atoms with Crippen molar-refractivity contribution in [2.24, 2.45) is 0 Å². The lowest BCUT2D eigenvalue weighted by atomic mass is 9.97. The third-order valence-corrected chi connectivity index (χ3v) is 4.85. The van der Waals surface area contributed by atoms with E-state index in [0.717, 1.165) is 38.5 Å². The molecular formula is C21H39NO9. The van der Waals surface area contributed by atoms with Gasteiger partial charge in [0.15, 0.2) is 6.29 Å². The number of unbranched alkanes of at least 4 members (excludes halogenated alkanes) is 5. The maximum absolute atomic E-state index is 12.1. The number of nitrogens with one attached hydrogen (secondary N) is 1. The van der Waals surface area contributed by atoms with Crippen LogP contribution in [0, 0.1) is 0 Å². The van der Waals surface area contributed by atoms with E-state index in [0.29, 0.717) is 13.0 Å². The number of alkyl carbamates (subject to hydrolysis) is 1. The van der Waals surface area contributed by atoms with Crippen LogP contribution in [-0.4, -0.2) is 84.0 Å². The number of aliphatic hydroxyl groups excluding tert-OH is 3. The summed E-state index contributed by atoms with van der Waals surface area (Å²) in [5.41, 5.74) is -0.732. The Labute approximate surface area is 184 Å². The summed E-state index contributed by atoms with van der Waals surface area (Å²) in [5.74, 6) is -0.191. The number of methoxy groups -OCH3 is 1. The summed E-state index contributed by atoms with van der Waals surface area (Å²) >= 11 is 0. The van der Waals surface area contributed by atoms with Crippen LogP contribution in [0.5, 0.6) is 0 Å². The summed E-state index contributed by atoms with van der Waals surface area (Å²) in [4.78, 5) is 23.2.